The SMILES string of the molecule is COc1cc(P(c2cc(OC)c(C)c(OC)c2)c2ccccc2P(c2cc(OC)c(C)c(OC)c2)c2cc(OC)c(C)c(OC)c2)cc(OC)c1C. The minimum Gasteiger partial charge on any atom is -0.496 e. The zero-order chi connectivity index (χ0) is 37.7. The van der Waals surface area contributed by atoms with Gasteiger partial charge in [0, 0.05) is 22.3 Å². The lowest BCUT2D eigenvalue weighted by atomic mass is 10.2. The van der Waals surface area contributed by atoms with Crippen molar-refractivity contribution < 1.29 is 37.9 Å². The van der Waals surface area contributed by atoms with Crippen LogP contribution in [0.2, 0.25) is 0 Å². The molecule has 0 unspecified atom stereocenters. The summed E-state index contributed by atoms with van der Waals surface area (Å²) < 4.78 is 47.4. The summed E-state index contributed by atoms with van der Waals surface area (Å²) in [7, 11) is 11.0. The molecule has 5 aromatic rings. The van der Waals surface area contributed by atoms with Crippen LogP contribution in [0.1, 0.15) is 22.3 Å². The van der Waals surface area contributed by atoms with Crippen LogP contribution in [0.15, 0.2) is 72.8 Å². The van der Waals surface area contributed by atoms with Crippen LogP contribution in [0, 0.1) is 27.7 Å². The largest absolute Gasteiger partial charge is 0.496 e. The molecule has 5 aromatic carbocycles. The summed E-state index contributed by atoms with van der Waals surface area (Å²) in [4.78, 5) is 0. The van der Waals surface area contributed by atoms with Crippen LogP contribution < -0.4 is 69.7 Å². The monoisotopic (exact) mass is 742 g/mol. The van der Waals surface area contributed by atoms with Gasteiger partial charge in [0.15, 0.2) is 0 Å². The van der Waals surface area contributed by atoms with Crippen molar-refractivity contribution in [1.82, 2.24) is 0 Å². The van der Waals surface area contributed by atoms with Crippen LogP contribution in [0.25, 0.3) is 0 Å². The first kappa shape index (κ1) is 38.6. The summed E-state index contributed by atoms with van der Waals surface area (Å²) in [6.45, 7) is 8.02. The Morgan fingerprint density at radius 2 is 0.481 bits per heavy atom. The molecule has 0 aromatic heterocycles. The summed E-state index contributed by atoms with van der Waals surface area (Å²) in [6.07, 6.45) is 0. The van der Waals surface area contributed by atoms with E-state index < -0.39 is 15.8 Å². The van der Waals surface area contributed by atoms with Crippen molar-refractivity contribution in [3.05, 3.63) is 95.1 Å². The Balaban J connectivity index is 1.94. The number of rotatable bonds is 14. The zero-order valence-corrected chi connectivity index (χ0v) is 33.9. The Labute approximate surface area is 310 Å². The standard InChI is InChI=1S/C42H48O8P2/c1-25-33(43-5)17-29(18-34(25)44-6)51(30-19-35(45-7)26(2)36(20-30)46-8)41-15-13-14-16-42(41)52(31-21-37(47-9)27(3)38(22-31)48-10)32-23-39(49-11)28(4)40(24-32)50-12/h13-24H,1-12H3. The van der Waals surface area contributed by atoms with Gasteiger partial charge in [0.2, 0.25) is 0 Å². The van der Waals surface area contributed by atoms with Crippen molar-refractivity contribution in [1.29, 1.82) is 0 Å². The second-order valence-electron chi connectivity index (χ2n) is 12.1. The van der Waals surface area contributed by atoms with Gasteiger partial charge >= 0.3 is 0 Å². The highest BCUT2D eigenvalue weighted by atomic mass is 31.1. The average Bonchev–Trinajstić information content (AvgIpc) is 3.17. The quantitative estimate of drug-likeness (QED) is 0.120. The van der Waals surface area contributed by atoms with Gasteiger partial charge in [-0.25, -0.2) is 0 Å². The molecule has 274 valence electrons. The molecule has 0 radical (unpaired) electrons. The summed E-state index contributed by atoms with van der Waals surface area (Å²) in [5.41, 5.74) is 3.71. The van der Waals surface area contributed by atoms with E-state index in [9.17, 15) is 0 Å². The van der Waals surface area contributed by atoms with E-state index >= 15 is 0 Å². The van der Waals surface area contributed by atoms with Crippen molar-refractivity contribution in [2.24, 2.45) is 0 Å². The molecule has 0 aliphatic carbocycles. The molecular formula is C42H48O8P2. The molecule has 0 heterocycles. The molecule has 0 aliphatic heterocycles. The third kappa shape index (κ3) is 7.33. The van der Waals surface area contributed by atoms with E-state index in [1.807, 2.05) is 27.7 Å². The van der Waals surface area contributed by atoms with Crippen molar-refractivity contribution in [3.63, 3.8) is 0 Å². The van der Waals surface area contributed by atoms with Crippen molar-refractivity contribution in [3.8, 4) is 46.0 Å². The average molecular weight is 743 g/mol. The fraction of sp³-hybridized carbons (Fsp3) is 0.286. The summed E-state index contributed by atoms with van der Waals surface area (Å²) in [5, 5.41) is 6.46. The second-order valence-corrected chi connectivity index (χ2v) is 16.4. The Kier molecular flexibility index (Phi) is 12.5. The van der Waals surface area contributed by atoms with Crippen molar-refractivity contribution in [2.75, 3.05) is 56.9 Å². The van der Waals surface area contributed by atoms with Gasteiger partial charge in [0.25, 0.3) is 0 Å². The molecule has 0 saturated carbocycles. The smallest absolute Gasteiger partial charge is 0.126 e. The molecule has 0 amide bonds. The van der Waals surface area contributed by atoms with Gasteiger partial charge < -0.3 is 37.9 Å². The first-order chi connectivity index (χ1) is 25.1. The molecule has 0 fully saturated rings. The lowest BCUT2D eigenvalue weighted by Crippen LogP contribution is -2.35. The van der Waals surface area contributed by atoms with E-state index in [0.29, 0.717) is 0 Å². The molecule has 0 bridgehead atoms. The highest BCUT2D eigenvalue weighted by molar-refractivity contribution is 7.85. The van der Waals surface area contributed by atoms with Gasteiger partial charge in [-0.3, -0.25) is 0 Å². The predicted octanol–water partition coefficient (Wildman–Crippen LogP) is 6.51. The topological polar surface area (TPSA) is 73.8 Å². The maximum Gasteiger partial charge on any atom is 0.126 e. The van der Waals surface area contributed by atoms with Crippen LogP contribution in [-0.2, 0) is 0 Å². The molecule has 10 heteroatoms. The number of benzene rings is 5. The van der Waals surface area contributed by atoms with E-state index in [-0.39, 0.29) is 0 Å². The molecule has 0 N–H and O–H groups in total. The molecule has 0 atom stereocenters. The van der Waals surface area contributed by atoms with E-state index in [2.05, 4.69) is 72.8 Å². The van der Waals surface area contributed by atoms with Crippen LogP contribution in [-0.4, -0.2) is 56.9 Å². The number of hydrogen-bond donors (Lipinski definition) is 0. The predicted molar refractivity (Wildman–Crippen MR) is 215 cm³/mol. The van der Waals surface area contributed by atoms with Gasteiger partial charge in [-0.1, -0.05) is 24.3 Å². The zero-order valence-electron chi connectivity index (χ0n) is 32.1. The number of ether oxygens (including phenoxy) is 8. The highest BCUT2D eigenvalue weighted by Crippen LogP contribution is 2.45. The van der Waals surface area contributed by atoms with Gasteiger partial charge in [0.1, 0.15) is 46.0 Å². The lowest BCUT2D eigenvalue weighted by molar-refractivity contribution is 0.389. The Bertz CT molecular complexity index is 1690. The van der Waals surface area contributed by atoms with Gasteiger partial charge in [-0.05, 0) is 124 Å². The summed E-state index contributed by atoms with van der Waals surface area (Å²) in [5.74, 6) is 5.95. The Hall–Kier alpha value is -4.64. The van der Waals surface area contributed by atoms with Crippen LogP contribution in [0.4, 0.5) is 0 Å². The third-order valence-electron chi connectivity index (χ3n) is 9.34. The number of methoxy groups -OCH3 is 8. The third-order valence-corrected chi connectivity index (χ3v) is 14.4. The van der Waals surface area contributed by atoms with E-state index in [4.69, 9.17) is 37.9 Å². The normalized spacial score (nSPS) is 11.0. The van der Waals surface area contributed by atoms with Gasteiger partial charge in [-0.2, -0.15) is 0 Å². The maximum atomic E-state index is 5.93. The maximum absolute atomic E-state index is 5.93. The lowest BCUT2D eigenvalue weighted by Gasteiger charge is -2.29. The minimum absolute atomic E-state index is 0.744. The number of hydrogen-bond acceptors (Lipinski definition) is 8. The van der Waals surface area contributed by atoms with Crippen LogP contribution >= 0.6 is 15.8 Å². The van der Waals surface area contributed by atoms with Crippen LogP contribution in [0.3, 0.4) is 0 Å². The van der Waals surface area contributed by atoms with Crippen molar-refractivity contribution in [2.45, 2.75) is 27.7 Å². The fourth-order valence-electron chi connectivity index (χ4n) is 6.50. The van der Waals surface area contributed by atoms with E-state index in [1.165, 1.54) is 0 Å². The molecule has 52 heavy (non-hydrogen) atoms. The molecule has 5 rings (SSSR count). The molecule has 8 nitrogen and oxygen atoms in total. The van der Waals surface area contributed by atoms with Crippen molar-refractivity contribution >= 4 is 47.7 Å². The van der Waals surface area contributed by atoms with Gasteiger partial charge in [0.05, 0.1) is 56.9 Å². The van der Waals surface area contributed by atoms with E-state index in [1.54, 1.807) is 56.9 Å². The van der Waals surface area contributed by atoms with Gasteiger partial charge in [-0.15, -0.1) is 0 Å². The molecule has 0 spiro atoms. The summed E-state index contributed by atoms with van der Waals surface area (Å²) >= 11 is 0. The van der Waals surface area contributed by atoms with Crippen LogP contribution in [0.5, 0.6) is 46.0 Å². The second kappa shape index (κ2) is 16.8. The fourth-order valence-corrected chi connectivity index (χ4v) is 11.9. The minimum atomic E-state index is -1.28. The highest BCUT2D eigenvalue weighted by Gasteiger charge is 2.30. The first-order valence-electron chi connectivity index (χ1n) is 16.7. The molecule has 0 saturated heterocycles. The Morgan fingerprint density at radius 1 is 0.308 bits per heavy atom. The molecular weight excluding hydrogens is 694 g/mol. The van der Waals surface area contributed by atoms with E-state index in [0.717, 1.165) is 100 Å². The Morgan fingerprint density at radius 3 is 0.635 bits per heavy atom. The summed E-state index contributed by atoms with van der Waals surface area (Å²) in [6, 6.07) is 25.6. The molecule has 0 aliphatic rings. The first-order valence-corrected chi connectivity index (χ1v) is 19.4.